The summed E-state index contributed by atoms with van der Waals surface area (Å²) in [5.74, 6) is -3.60. The van der Waals surface area contributed by atoms with Crippen LogP contribution >= 0.6 is 19.4 Å². The number of amides is 4. The Labute approximate surface area is 525 Å². The van der Waals surface area contributed by atoms with Crippen LogP contribution in [0, 0.1) is 18.8 Å². The first-order chi connectivity index (χ1) is 42.1. The van der Waals surface area contributed by atoms with Crippen molar-refractivity contribution in [1.82, 2.24) is 25.0 Å². The fraction of sp³-hybridized carbons (Fsp3) is 0.531. The molecule has 3 aromatic carbocycles. The summed E-state index contributed by atoms with van der Waals surface area (Å²) in [6.07, 6.45) is 0.801. The summed E-state index contributed by atoms with van der Waals surface area (Å²) in [5.41, 5.74) is 2.57. The van der Waals surface area contributed by atoms with Gasteiger partial charge in [-0.25, -0.2) is 14.2 Å². The van der Waals surface area contributed by atoms with Gasteiger partial charge in [0.1, 0.15) is 41.5 Å². The minimum atomic E-state index is -4.79. The number of carbonyl (C=O) groups is 6. The molecule has 0 saturated carbocycles. The maximum absolute atomic E-state index is 14.4. The van der Waals surface area contributed by atoms with E-state index in [1.165, 1.54) is 43.0 Å². The Morgan fingerprint density at radius 2 is 1.70 bits per heavy atom. The van der Waals surface area contributed by atoms with Crippen molar-refractivity contribution in [2.24, 2.45) is 11.8 Å². The zero-order chi connectivity index (χ0) is 65.0. The summed E-state index contributed by atoms with van der Waals surface area (Å²) in [5, 5.41) is 18.7. The van der Waals surface area contributed by atoms with Crippen LogP contribution in [0.5, 0.6) is 5.75 Å². The number of rotatable bonds is 26. The fourth-order valence-electron chi connectivity index (χ4n) is 11.3. The number of fused-ring (bicyclic) bond motifs is 6. The molecule has 2 saturated heterocycles. The number of aryl methyl sites for hydroxylation is 2. The standard InChI is InChI=1S/C64H86ClN6O17P/c1-11-68(7)39-48-35-46-16-12-13-17-51(46)71(48)26-23-49(72)36-47(33-44-19-21-50(22-20-44)88-89(79,80)81)60(75)66-25-28-84-30-29-83-27-24-56(73)69(8)43(5)61(76)86-55-37-57(74)70(9)52-34-45(32-41(3)58(52)65)31-40(2)15-14-18-54(82-10)64(78)38-53(85-62(77)67-64)42(4)59-63(55,6)87-59/h12-22,32,34-35,42-43,47,53-55,59,78H,11,23-31,33,36-39H2,1-10H3,(H,66,75)(H,67,77)(H2,79,80,81)/b18-14+,40-15+/t42-,43+,47-,53+,54-,55+,59?,63+,64-/m1/s1. The highest BCUT2D eigenvalue weighted by molar-refractivity contribution is 7.46. The van der Waals surface area contributed by atoms with Crippen molar-refractivity contribution in [3.05, 3.63) is 118 Å². The van der Waals surface area contributed by atoms with Gasteiger partial charge >= 0.3 is 19.9 Å². The number of hydrogen-bond acceptors (Lipinski definition) is 16. The topological polar surface area (TPSA) is 287 Å². The Morgan fingerprint density at radius 1 is 0.989 bits per heavy atom. The van der Waals surface area contributed by atoms with Crippen LogP contribution in [0.2, 0.25) is 5.02 Å². The lowest BCUT2D eigenvalue weighted by molar-refractivity contribution is -0.162. The van der Waals surface area contributed by atoms with Gasteiger partial charge in [-0.15, -0.1) is 0 Å². The minimum absolute atomic E-state index is 0.0172. The van der Waals surface area contributed by atoms with Crippen LogP contribution in [-0.4, -0.2) is 174 Å². The van der Waals surface area contributed by atoms with Gasteiger partial charge in [0.25, 0.3) is 0 Å². The second-order valence-electron chi connectivity index (χ2n) is 23.6. The maximum Gasteiger partial charge on any atom is 0.524 e. The molecule has 486 valence electrons. The number of hydrogen-bond donors (Lipinski definition) is 5. The normalized spacial score (nSPS) is 23.9. The second kappa shape index (κ2) is 31.0. The molecule has 3 aliphatic heterocycles. The van der Waals surface area contributed by atoms with Crippen LogP contribution in [0.4, 0.5) is 10.5 Å². The summed E-state index contributed by atoms with van der Waals surface area (Å²) in [4.78, 5) is 106. The summed E-state index contributed by atoms with van der Waals surface area (Å²) in [7, 11) is 1.70. The van der Waals surface area contributed by atoms with E-state index in [0.29, 0.717) is 35.8 Å². The number of carbonyl (C=O) groups excluding carboxylic acids is 6. The van der Waals surface area contributed by atoms with Crippen molar-refractivity contribution in [2.75, 3.05) is 72.7 Å². The van der Waals surface area contributed by atoms with E-state index in [2.05, 4.69) is 37.6 Å². The number of halogens is 1. The Kier molecular flexibility index (Phi) is 24.4. The molecule has 0 radical (unpaired) electrons. The minimum Gasteiger partial charge on any atom is -0.457 e. The van der Waals surface area contributed by atoms with Crippen molar-refractivity contribution in [1.29, 1.82) is 0 Å². The van der Waals surface area contributed by atoms with Crippen molar-refractivity contribution >= 4 is 71.6 Å². The third kappa shape index (κ3) is 18.8. The number of ketones is 1. The smallest absolute Gasteiger partial charge is 0.457 e. The number of Topliss-reactive ketones (excluding diaryl/α,β-unsaturated/α-hetero) is 1. The summed E-state index contributed by atoms with van der Waals surface area (Å²) in [6.45, 7) is 13.2. The quantitative estimate of drug-likeness (QED) is 0.0181. The van der Waals surface area contributed by atoms with Gasteiger partial charge in [0, 0.05) is 83.1 Å². The van der Waals surface area contributed by atoms with Crippen molar-refractivity contribution in [2.45, 2.75) is 141 Å². The monoisotopic (exact) mass is 1280 g/mol. The highest BCUT2D eigenvalue weighted by Crippen LogP contribution is 2.49. The highest BCUT2D eigenvalue weighted by atomic mass is 35.5. The van der Waals surface area contributed by atoms with E-state index in [1.807, 2.05) is 63.4 Å². The fourth-order valence-corrected chi connectivity index (χ4v) is 12.0. The number of likely N-dealkylation sites (N-methyl/N-ethyl adjacent to an activating group) is 1. The van der Waals surface area contributed by atoms with E-state index in [1.54, 1.807) is 45.2 Å². The lowest BCUT2D eigenvalue weighted by Crippen LogP contribution is -2.63. The number of epoxide rings is 1. The van der Waals surface area contributed by atoms with Crippen LogP contribution in [0.3, 0.4) is 0 Å². The van der Waals surface area contributed by atoms with Gasteiger partial charge < -0.3 is 62.6 Å². The van der Waals surface area contributed by atoms with Gasteiger partial charge in [-0.1, -0.05) is 85.6 Å². The number of phosphoric acid groups is 1. The van der Waals surface area contributed by atoms with Crippen molar-refractivity contribution in [3.8, 4) is 5.75 Å². The number of phosphoric ester groups is 1. The molecule has 23 nitrogen and oxygen atoms in total. The number of benzene rings is 3. The van der Waals surface area contributed by atoms with Crippen LogP contribution < -0.4 is 20.1 Å². The Morgan fingerprint density at radius 3 is 2.39 bits per heavy atom. The molecule has 5 N–H and O–H groups in total. The van der Waals surface area contributed by atoms with Crippen molar-refractivity contribution < 1.29 is 81.2 Å². The van der Waals surface area contributed by atoms with Gasteiger partial charge in [-0.3, -0.25) is 34.3 Å². The lowest BCUT2D eigenvalue weighted by atomic mass is 9.83. The molecule has 0 spiro atoms. The second-order valence-corrected chi connectivity index (χ2v) is 25.1. The molecule has 4 heterocycles. The summed E-state index contributed by atoms with van der Waals surface area (Å²) >= 11 is 6.85. The third-order valence-corrected chi connectivity index (χ3v) is 17.8. The molecular formula is C64H86ClN6O17P. The van der Waals surface area contributed by atoms with E-state index in [9.17, 15) is 48.2 Å². The van der Waals surface area contributed by atoms with Gasteiger partial charge in [0.15, 0.2) is 5.72 Å². The number of nitrogens with one attached hydrogen (secondary N) is 2. The molecule has 89 heavy (non-hydrogen) atoms. The SMILES string of the molecule is CCN(C)Cc1cc2ccccc2n1CCC(=O)C[C@@H](Cc1ccc(OP(=O)(O)O)cc1)C(=O)NCCOCCOCCC(=O)N(C)[C@@H](C)C(=O)O[C@H]1CC(=O)N(C)c2cc(cc(C)c2Cl)C/C(C)=C/C=C/[C@@H](OC)[C@]2(O)C[C@H](OC(=O)N2)[C@@H](C)C2O[C@]21C. The molecule has 25 heteroatoms. The van der Waals surface area contributed by atoms with Gasteiger partial charge in [0.05, 0.1) is 56.1 Å². The average Bonchev–Trinajstić information content (AvgIpc) is 1.82. The molecule has 4 amide bonds. The number of anilines is 1. The predicted molar refractivity (Wildman–Crippen MR) is 333 cm³/mol. The van der Waals surface area contributed by atoms with Gasteiger partial charge in [-0.05, 0) is 107 Å². The van der Waals surface area contributed by atoms with Crippen molar-refractivity contribution in [3.63, 3.8) is 0 Å². The molecule has 4 bridgehead atoms. The number of esters is 1. The molecule has 7 rings (SSSR count). The third-order valence-electron chi connectivity index (χ3n) is 16.9. The molecule has 3 aliphatic rings. The largest absolute Gasteiger partial charge is 0.524 e. The first-order valence-electron chi connectivity index (χ1n) is 30.0. The molecule has 9 atom stereocenters. The Hall–Kier alpha value is -6.50. The van der Waals surface area contributed by atoms with Crippen LogP contribution in [0.1, 0.15) is 89.1 Å². The number of nitrogens with zero attached hydrogens (tertiary/aromatic N) is 4. The number of para-hydroxylation sites is 1. The summed E-state index contributed by atoms with van der Waals surface area (Å²) in [6, 6.07) is 18.7. The number of aliphatic hydroxyl groups is 1. The van der Waals surface area contributed by atoms with Gasteiger partial charge in [-0.2, -0.15) is 0 Å². The number of ether oxygens (including phenoxy) is 6. The first-order valence-corrected chi connectivity index (χ1v) is 31.9. The van der Waals surface area contributed by atoms with E-state index < -0.39 is 85.3 Å². The van der Waals surface area contributed by atoms with E-state index in [0.717, 1.165) is 39.8 Å². The zero-order valence-corrected chi connectivity index (χ0v) is 54.1. The number of alkyl carbamates (subject to hydrolysis) is 1. The van der Waals surface area contributed by atoms with E-state index >= 15 is 0 Å². The lowest BCUT2D eigenvalue weighted by Gasteiger charge is -2.42. The van der Waals surface area contributed by atoms with Crippen LogP contribution in [-0.2, 0) is 82.9 Å². The molecule has 1 aromatic heterocycles. The molecular weight excluding hydrogens is 1190 g/mol. The molecule has 2 fully saturated rings. The molecule has 0 aliphatic carbocycles. The first kappa shape index (κ1) is 70.0. The molecule has 4 aromatic rings. The Balaban J connectivity index is 0.913. The van der Waals surface area contributed by atoms with Gasteiger partial charge in [0.2, 0.25) is 17.7 Å². The van der Waals surface area contributed by atoms with E-state index in [4.69, 9.17) is 40.0 Å². The number of methoxy groups -OCH3 is 1. The number of allylic oxidation sites excluding steroid dienone is 3. The van der Waals surface area contributed by atoms with Crippen LogP contribution in [0.15, 0.2) is 90.5 Å². The molecule has 1 unspecified atom stereocenters. The highest BCUT2D eigenvalue weighted by Gasteiger charge is 2.64. The van der Waals surface area contributed by atoms with Crippen LogP contribution in [0.25, 0.3) is 10.9 Å². The number of aromatic nitrogens is 1. The average molecular weight is 1280 g/mol. The zero-order valence-electron chi connectivity index (χ0n) is 52.4. The Bertz CT molecular complexity index is 3280. The summed E-state index contributed by atoms with van der Waals surface area (Å²) < 4.78 is 53.6. The maximum atomic E-state index is 14.4. The predicted octanol–water partition coefficient (Wildman–Crippen LogP) is 7.14. The van der Waals surface area contributed by atoms with E-state index in [-0.39, 0.29) is 88.9 Å².